The zero-order valence-corrected chi connectivity index (χ0v) is 8.62. The van der Waals surface area contributed by atoms with E-state index in [0.29, 0.717) is 0 Å². The summed E-state index contributed by atoms with van der Waals surface area (Å²) in [4.78, 5) is 0. The Morgan fingerprint density at radius 3 is 2.23 bits per heavy atom. The van der Waals surface area contributed by atoms with E-state index in [1.807, 2.05) is 25.1 Å². The Labute approximate surface area is 80.4 Å². The third-order valence-corrected chi connectivity index (χ3v) is 2.36. The molecule has 0 unspecified atom stereocenters. The number of benzene rings is 1. The lowest BCUT2D eigenvalue weighted by atomic mass is 9.80. The number of aliphatic hydroxyl groups is 1. The highest BCUT2D eigenvalue weighted by Crippen LogP contribution is 2.27. The summed E-state index contributed by atoms with van der Waals surface area (Å²) >= 11 is 0. The Hall–Kier alpha value is -0.820. The molecule has 0 aliphatic carbocycles. The van der Waals surface area contributed by atoms with Crippen molar-refractivity contribution < 1.29 is 5.11 Å². The molecule has 0 saturated carbocycles. The van der Waals surface area contributed by atoms with Crippen molar-refractivity contribution >= 4 is 0 Å². The van der Waals surface area contributed by atoms with E-state index in [1.54, 1.807) is 0 Å². The van der Waals surface area contributed by atoms with E-state index in [9.17, 15) is 5.11 Å². The van der Waals surface area contributed by atoms with Crippen LogP contribution in [-0.4, -0.2) is 11.2 Å². The average Bonchev–Trinajstić information content (AvgIpc) is 2.04. The fraction of sp³-hybridized carbons (Fsp3) is 0.500. The summed E-state index contributed by atoms with van der Waals surface area (Å²) in [6.07, 6.45) is 0.562. The summed E-state index contributed by atoms with van der Waals surface area (Å²) in [5, 5.41) is 9.35. The molecule has 0 aliphatic rings. The second-order valence-electron chi connectivity index (χ2n) is 4.30. The summed E-state index contributed by atoms with van der Waals surface area (Å²) in [5.41, 5.74) is 1.35. The second-order valence-corrected chi connectivity index (χ2v) is 4.30. The summed E-state index contributed by atoms with van der Waals surface area (Å²) in [7, 11) is 0. The van der Waals surface area contributed by atoms with Crippen LogP contribution in [0.3, 0.4) is 0 Å². The van der Waals surface area contributed by atoms with Crippen LogP contribution in [0.4, 0.5) is 0 Å². The molecule has 13 heavy (non-hydrogen) atoms. The van der Waals surface area contributed by atoms with Crippen LogP contribution in [-0.2, 0) is 5.41 Å². The van der Waals surface area contributed by atoms with Crippen molar-refractivity contribution in [3.05, 3.63) is 35.9 Å². The number of rotatable bonds is 3. The van der Waals surface area contributed by atoms with Crippen LogP contribution in [0, 0.1) is 0 Å². The Kier molecular flexibility index (Phi) is 3.10. The molecule has 1 atom stereocenters. The maximum atomic E-state index is 9.35. The van der Waals surface area contributed by atoms with Gasteiger partial charge in [-0.05, 0) is 24.3 Å². The molecule has 72 valence electrons. The SMILES string of the molecule is C[C@@H](O)CC(C)(C)c1ccccc1. The molecule has 0 aromatic heterocycles. The molecule has 0 bridgehead atoms. The first kappa shape index (κ1) is 10.3. The first-order chi connectivity index (χ1) is 6.02. The van der Waals surface area contributed by atoms with E-state index < -0.39 is 0 Å². The average molecular weight is 178 g/mol. The van der Waals surface area contributed by atoms with Crippen LogP contribution in [0.2, 0.25) is 0 Å². The molecule has 0 saturated heterocycles. The molecule has 0 aliphatic heterocycles. The number of aliphatic hydroxyl groups excluding tert-OH is 1. The van der Waals surface area contributed by atoms with Gasteiger partial charge in [-0.1, -0.05) is 44.2 Å². The van der Waals surface area contributed by atoms with Gasteiger partial charge in [-0.2, -0.15) is 0 Å². The molecule has 1 nitrogen and oxygen atoms in total. The summed E-state index contributed by atoms with van der Waals surface area (Å²) in [6.45, 7) is 6.16. The highest BCUT2D eigenvalue weighted by Gasteiger charge is 2.21. The zero-order valence-electron chi connectivity index (χ0n) is 8.62. The van der Waals surface area contributed by atoms with Gasteiger partial charge in [-0.3, -0.25) is 0 Å². The van der Waals surface area contributed by atoms with Gasteiger partial charge in [-0.15, -0.1) is 0 Å². The van der Waals surface area contributed by atoms with E-state index in [0.717, 1.165) is 6.42 Å². The molecule has 0 radical (unpaired) electrons. The fourth-order valence-corrected chi connectivity index (χ4v) is 1.75. The maximum Gasteiger partial charge on any atom is 0.0520 e. The van der Waals surface area contributed by atoms with Gasteiger partial charge in [-0.25, -0.2) is 0 Å². The molecule has 1 rings (SSSR count). The molecule has 0 spiro atoms. The van der Waals surface area contributed by atoms with Crippen molar-refractivity contribution in [2.45, 2.75) is 38.7 Å². The molecular formula is C12H18O. The molecule has 0 amide bonds. The molecule has 0 fully saturated rings. The highest BCUT2D eigenvalue weighted by molar-refractivity contribution is 5.23. The van der Waals surface area contributed by atoms with Crippen molar-refractivity contribution in [3.8, 4) is 0 Å². The van der Waals surface area contributed by atoms with Crippen molar-refractivity contribution in [3.63, 3.8) is 0 Å². The summed E-state index contributed by atoms with van der Waals surface area (Å²) in [6, 6.07) is 10.3. The van der Waals surface area contributed by atoms with Crippen molar-refractivity contribution in [1.29, 1.82) is 0 Å². The van der Waals surface area contributed by atoms with Crippen molar-refractivity contribution in [1.82, 2.24) is 0 Å². The Bertz CT molecular complexity index is 249. The first-order valence-electron chi connectivity index (χ1n) is 4.76. The van der Waals surface area contributed by atoms with Gasteiger partial charge in [0.1, 0.15) is 0 Å². The van der Waals surface area contributed by atoms with Gasteiger partial charge in [0.2, 0.25) is 0 Å². The van der Waals surface area contributed by atoms with Gasteiger partial charge in [0.05, 0.1) is 6.10 Å². The van der Waals surface area contributed by atoms with E-state index >= 15 is 0 Å². The molecule has 1 heteroatoms. The smallest absolute Gasteiger partial charge is 0.0520 e. The van der Waals surface area contributed by atoms with Crippen LogP contribution < -0.4 is 0 Å². The predicted octanol–water partition coefficient (Wildman–Crippen LogP) is 2.74. The second kappa shape index (κ2) is 3.93. The lowest BCUT2D eigenvalue weighted by Crippen LogP contribution is -2.22. The summed E-state index contributed by atoms with van der Waals surface area (Å²) < 4.78 is 0. The molecule has 0 heterocycles. The minimum Gasteiger partial charge on any atom is -0.393 e. The normalized spacial score (nSPS) is 14.2. The van der Waals surface area contributed by atoms with E-state index in [1.165, 1.54) is 5.56 Å². The van der Waals surface area contributed by atoms with Gasteiger partial charge in [0.15, 0.2) is 0 Å². The lowest BCUT2D eigenvalue weighted by molar-refractivity contribution is 0.157. The largest absolute Gasteiger partial charge is 0.393 e. The third kappa shape index (κ3) is 2.85. The lowest BCUT2D eigenvalue weighted by Gasteiger charge is -2.26. The summed E-state index contributed by atoms with van der Waals surface area (Å²) in [5.74, 6) is 0. The first-order valence-corrected chi connectivity index (χ1v) is 4.76. The van der Waals surface area contributed by atoms with Crippen LogP contribution in [0.1, 0.15) is 32.8 Å². The molecule has 1 aromatic rings. The number of hydrogen-bond acceptors (Lipinski definition) is 1. The minimum absolute atomic E-state index is 0.0649. The topological polar surface area (TPSA) is 20.2 Å². The van der Waals surface area contributed by atoms with E-state index in [4.69, 9.17) is 0 Å². The van der Waals surface area contributed by atoms with Gasteiger partial charge < -0.3 is 5.11 Å². The standard InChI is InChI=1S/C12H18O/c1-10(13)9-12(2,3)11-7-5-4-6-8-11/h4-8,10,13H,9H2,1-3H3/t10-/m1/s1. The fourth-order valence-electron chi connectivity index (χ4n) is 1.75. The monoisotopic (exact) mass is 178 g/mol. The van der Waals surface area contributed by atoms with Crippen molar-refractivity contribution in [2.24, 2.45) is 0 Å². The van der Waals surface area contributed by atoms with Crippen molar-refractivity contribution in [2.75, 3.05) is 0 Å². The van der Waals surface area contributed by atoms with Gasteiger partial charge in [0.25, 0.3) is 0 Å². The Balaban J connectivity index is 2.81. The third-order valence-electron chi connectivity index (χ3n) is 2.36. The molecular weight excluding hydrogens is 160 g/mol. The Morgan fingerprint density at radius 2 is 1.77 bits per heavy atom. The zero-order chi connectivity index (χ0) is 9.90. The minimum atomic E-state index is -0.241. The van der Waals surface area contributed by atoms with Crippen LogP contribution in [0.15, 0.2) is 30.3 Å². The van der Waals surface area contributed by atoms with Crippen LogP contribution >= 0.6 is 0 Å². The highest BCUT2D eigenvalue weighted by atomic mass is 16.3. The molecule has 1 N–H and O–H groups in total. The van der Waals surface area contributed by atoms with Gasteiger partial charge in [0, 0.05) is 0 Å². The quantitative estimate of drug-likeness (QED) is 0.754. The predicted molar refractivity (Wildman–Crippen MR) is 55.8 cm³/mol. The van der Waals surface area contributed by atoms with E-state index in [2.05, 4.69) is 26.0 Å². The van der Waals surface area contributed by atoms with E-state index in [-0.39, 0.29) is 11.5 Å². The number of hydrogen-bond donors (Lipinski definition) is 1. The van der Waals surface area contributed by atoms with Gasteiger partial charge >= 0.3 is 0 Å². The molecule has 1 aromatic carbocycles. The Morgan fingerprint density at radius 1 is 1.23 bits per heavy atom. The van der Waals surface area contributed by atoms with Crippen LogP contribution in [0.5, 0.6) is 0 Å². The maximum absolute atomic E-state index is 9.35. The van der Waals surface area contributed by atoms with Crippen LogP contribution in [0.25, 0.3) is 0 Å².